The zero-order valence-corrected chi connectivity index (χ0v) is 7.09. The van der Waals surface area contributed by atoms with Gasteiger partial charge in [-0.1, -0.05) is 13.3 Å². The molecule has 0 bridgehead atoms. The van der Waals surface area contributed by atoms with Gasteiger partial charge < -0.3 is 4.57 Å². The fourth-order valence-electron chi connectivity index (χ4n) is 1.06. The number of unbranched alkanes of at least 4 members (excludes halogenated alkanes) is 2. The molecule has 0 N–H and O–H groups in total. The summed E-state index contributed by atoms with van der Waals surface area (Å²) in [7, 11) is 0. The smallest absolute Gasteiger partial charge is 0.125 e. The monoisotopic (exact) mass is 149 g/mol. The Labute approximate surface area is 68.7 Å². The van der Waals surface area contributed by atoms with Crippen molar-refractivity contribution in [3.63, 3.8) is 0 Å². The fourth-order valence-corrected chi connectivity index (χ4v) is 1.06. The molecule has 0 amide bonds. The van der Waals surface area contributed by atoms with Gasteiger partial charge in [0.25, 0.3) is 0 Å². The topological polar surface area (TPSA) is 3.88 Å². The van der Waals surface area contributed by atoms with Gasteiger partial charge in [-0.3, -0.25) is 0 Å². The highest BCUT2D eigenvalue weighted by molar-refractivity contribution is 4.82. The lowest BCUT2D eigenvalue weighted by Crippen LogP contribution is -2.32. The van der Waals surface area contributed by atoms with E-state index in [1.807, 2.05) is 18.2 Å². The number of aryl methyl sites for hydroxylation is 1. The molecule has 0 atom stereocenters. The van der Waals surface area contributed by atoms with Crippen molar-refractivity contribution in [3.8, 4) is 0 Å². The standard InChI is InChI=1S/C10H15N/c1-2-3-5-8-11-9-6-4-7-10-11/h4,6-7,9H,2-3,5,8H2,1H3. The third-order valence-electron chi connectivity index (χ3n) is 1.72. The molecule has 1 aromatic rings. The van der Waals surface area contributed by atoms with Crippen molar-refractivity contribution in [1.29, 1.82) is 0 Å². The van der Waals surface area contributed by atoms with Crippen LogP contribution < -0.4 is 4.57 Å². The quantitative estimate of drug-likeness (QED) is 0.350. The highest BCUT2D eigenvalue weighted by Gasteiger charge is 1.90. The summed E-state index contributed by atoms with van der Waals surface area (Å²) in [5.74, 6) is 0. The minimum Gasteiger partial charge on any atom is -0.311 e. The number of pyridine rings is 1. The SMILES string of the molecule is CCCCC[n+]1[c-]cccc1. The van der Waals surface area contributed by atoms with E-state index in [-0.39, 0.29) is 0 Å². The van der Waals surface area contributed by atoms with Gasteiger partial charge in [-0.05, 0) is 6.42 Å². The predicted molar refractivity (Wildman–Crippen MR) is 45.0 cm³/mol. The molecule has 0 spiro atoms. The Morgan fingerprint density at radius 1 is 1.27 bits per heavy atom. The van der Waals surface area contributed by atoms with E-state index in [0.717, 1.165) is 6.54 Å². The van der Waals surface area contributed by atoms with Crippen molar-refractivity contribution in [3.05, 3.63) is 30.6 Å². The lowest BCUT2D eigenvalue weighted by molar-refractivity contribution is -0.701. The molecular formula is C10H15N. The van der Waals surface area contributed by atoms with E-state index in [9.17, 15) is 0 Å². The first-order valence-electron chi connectivity index (χ1n) is 4.29. The summed E-state index contributed by atoms with van der Waals surface area (Å²) in [4.78, 5) is 0. The van der Waals surface area contributed by atoms with Crippen LogP contribution in [0.1, 0.15) is 26.2 Å². The Balaban J connectivity index is 2.28. The molecule has 0 unspecified atom stereocenters. The molecule has 0 aliphatic rings. The van der Waals surface area contributed by atoms with E-state index < -0.39 is 0 Å². The first kappa shape index (κ1) is 8.25. The first-order chi connectivity index (χ1) is 5.43. The molecule has 0 saturated carbocycles. The van der Waals surface area contributed by atoms with Crippen LogP contribution in [0.5, 0.6) is 0 Å². The largest absolute Gasteiger partial charge is 0.311 e. The average molecular weight is 149 g/mol. The molecule has 0 aromatic carbocycles. The Morgan fingerprint density at radius 3 is 2.82 bits per heavy atom. The van der Waals surface area contributed by atoms with Crippen LogP contribution in [-0.2, 0) is 6.54 Å². The van der Waals surface area contributed by atoms with Crippen LogP contribution in [0.25, 0.3) is 0 Å². The molecule has 1 heteroatoms. The van der Waals surface area contributed by atoms with E-state index in [0.29, 0.717) is 0 Å². The Hall–Kier alpha value is -0.850. The Kier molecular flexibility index (Phi) is 3.67. The van der Waals surface area contributed by atoms with Gasteiger partial charge in [0.15, 0.2) is 0 Å². The van der Waals surface area contributed by atoms with E-state index in [1.54, 1.807) is 0 Å². The molecule has 1 rings (SSSR count). The van der Waals surface area contributed by atoms with E-state index in [2.05, 4.69) is 23.9 Å². The summed E-state index contributed by atoms with van der Waals surface area (Å²) >= 11 is 0. The third kappa shape index (κ3) is 3.17. The van der Waals surface area contributed by atoms with Crippen molar-refractivity contribution < 1.29 is 4.57 Å². The minimum atomic E-state index is 1.11. The molecule has 11 heavy (non-hydrogen) atoms. The summed E-state index contributed by atoms with van der Waals surface area (Å²) in [6, 6.07) is 5.99. The van der Waals surface area contributed by atoms with Crippen molar-refractivity contribution in [2.24, 2.45) is 0 Å². The van der Waals surface area contributed by atoms with E-state index in [4.69, 9.17) is 0 Å². The fraction of sp³-hybridized carbons (Fsp3) is 0.500. The summed E-state index contributed by atoms with van der Waals surface area (Å²) < 4.78 is 2.11. The van der Waals surface area contributed by atoms with E-state index in [1.165, 1.54) is 19.3 Å². The number of hydrogen-bond acceptors (Lipinski definition) is 0. The third-order valence-corrected chi connectivity index (χ3v) is 1.72. The van der Waals surface area contributed by atoms with Crippen molar-refractivity contribution in [2.45, 2.75) is 32.7 Å². The van der Waals surface area contributed by atoms with E-state index >= 15 is 0 Å². The minimum absolute atomic E-state index is 1.11. The maximum absolute atomic E-state index is 3.14. The summed E-state index contributed by atoms with van der Waals surface area (Å²) in [5, 5.41) is 0. The van der Waals surface area contributed by atoms with Crippen LogP contribution >= 0.6 is 0 Å². The number of rotatable bonds is 4. The van der Waals surface area contributed by atoms with Gasteiger partial charge in [-0.15, -0.1) is 12.1 Å². The predicted octanol–water partition coefficient (Wildman–Crippen LogP) is 1.96. The maximum Gasteiger partial charge on any atom is 0.125 e. The molecule has 0 fully saturated rings. The molecule has 1 aromatic heterocycles. The second-order valence-corrected chi connectivity index (χ2v) is 2.73. The highest BCUT2D eigenvalue weighted by atomic mass is 14.9. The second kappa shape index (κ2) is 4.89. The molecule has 60 valence electrons. The lowest BCUT2D eigenvalue weighted by Gasteiger charge is -1.99. The van der Waals surface area contributed by atoms with Gasteiger partial charge in [0.2, 0.25) is 0 Å². The Bertz CT molecular complexity index is 181. The summed E-state index contributed by atoms with van der Waals surface area (Å²) in [6.07, 6.45) is 9.07. The van der Waals surface area contributed by atoms with Gasteiger partial charge >= 0.3 is 0 Å². The van der Waals surface area contributed by atoms with Gasteiger partial charge in [0, 0.05) is 6.42 Å². The second-order valence-electron chi connectivity index (χ2n) is 2.73. The molecule has 0 saturated heterocycles. The van der Waals surface area contributed by atoms with Crippen LogP contribution in [0.3, 0.4) is 0 Å². The zero-order chi connectivity index (χ0) is 7.94. The van der Waals surface area contributed by atoms with Crippen LogP contribution in [0, 0.1) is 6.20 Å². The zero-order valence-electron chi connectivity index (χ0n) is 7.09. The van der Waals surface area contributed by atoms with Gasteiger partial charge in [-0.25, -0.2) is 0 Å². The van der Waals surface area contributed by atoms with Gasteiger partial charge in [-0.2, -0.15) is 6.07 Å². The van der Waals surface area contributed by atoms with Crippen LogP contribution in [0.2, 0.25) is 0 Å². The number of hydrogen-bond donors (Lipinski definition) is 0. The summed E-state index contributed by atoms with van der Waals surface area (Å²) in [6.45, 7) is 3.33. The highest BCUT2D eigenvalue weighted by Crippen LogP contribution is 1.92. The normalized spacial score (nSPS) is 9.91. The molecule has 0 aliphatic carbocycles. The van der Waals surface area contributed by atoms with Crippen LogP contribution in [0.4, 0.5) is 0 Å². The van der Waals surface area contributed by atoms with Crippen molar-refractivity contribution in [1.82, 2.24) is 0 Å². The molecule has 0 aliphatic heterocycles. The van der Waals surface area contributed by atoms with Crippen molar-refractivity contribution >= 4 is 0 Å². The van der Waals surface area contributed by atoms with Gasteiger partial charge in [0.1, 0.15) is 12.7 Å². The lowest BCUT2D eigenvalue weighted by atomic mass is 10.2. The molecular weight excluding hydrogens is 134 g/mol. The average Bonchev–Trinajstić information content (AvgIpc) is 2.07. The number of nitrogens with zero attached hydrogens (tertiary/aromatic N) is 1. The Morgan fingerprint density at radius 2 is 2.18 bits per heavy atom. The molecule has 1 heterocycles. The van der Waals surface area contributed by atoms with Gasteiger partial charge in [0.05, 0.1) is 6.20 Å². The van der Waals surface area contributed by atoms with Crippen LogP contribution in [0.15, 0.2) is 24.4 Å². The number of aromatic nitrogens is 1. The first-order valence-corrected chi connectivity index (χ1v) is 4.29. The molecule has 1 nitrogen and oxygen atoms in total. The maximum atomic E-state index is 3.14. The summed E-state index contributed by atoms with van der Waals surface area (Å²) in [5.41, 5.74) is 0. The molecule has 0 radical (unpaired) electrons. The van der Waals surface area contributed by atoms with Crippen molar-refractivity contribution in [2.75, 3.05) is 0 Å². The van der Waals surface area contributed by atoms with Crippen LogP contribution in [-0.4, -0.2) is 0 Å².